The lowest BCUT2D eigenvalue weighted by Gasteiger charge is -2.32. The van der Waals surface area contributed by atoms with Crippen molar-refractivity contribution < 1.29 is 14.1 Å². The summed E-state index contributed by atoms with van der Waals surface area (Å²) in [6.07, 6.45) is 4.87. The van der Waals surface area contributed by atoms with Gasteiger partial charge in [-0.1, -0.05) is 11.2 Å². The molecule has 0 saturated carbocycles. The van der Waals surface area contributed by atoms with Crippen molar-refractivity contribution in [3.05, 3.63) is 35.0 Å². The molecule has 0 spiro atoms. The number of carbonyl (C=O) groups is 2. The molecular formula is C19H21N5O3S2. The first-order chi connectivity index (χ1) is 14.2. The molecule has 0 aromatic carbocycles. The van der Waals surface area contributed by atoms with E-state index in [0.29, 0.717) is 49.2 Å². The van der Waals surface area contributed by atoms with E-state index >= 15 is 0 Å². The summed E-state index contributed by atoms with van der Waals surface area (Å²) in [5.74, 6) is 0.937. The van der Waals surface area contributed by atoms with Crippen molar-refractivity contribution in [2.45, 2.75) is 32.1 Å². The van der Waals surface area contributed by atoms with Crippen LogP contribution in [0.15, 0.2) is 33.6 Å². The van der Waals surface area contributed by atoms with Gasteiger partial charge in [-0.15, -0.1) is 22.7 Å². The average Bonchev–Trinajstić information content (AvgIpc) is 3.50. The minimum Gasteiger partial charge on any atom is -0.342 e. The Balaban J connectivity index is 1.23. The van der Waals surface area contributed by atoms with Crippen molar-refractivity contribution in [2.24, 2.45) is 5.92 Å². The number of carbonyl (C=O) groups excluding carboxylic acids is 2. The van der Waals surface area contributed by atoms with E-state index in [-0.39, 0.29) is 17.7 Å². The molecule has 1 N–H and O–H groups in total. The Bertz CT molecular complexity index is 939. The first-order valence-electron chi connectivity index (χ1n) is 9.53. The second-order valence-electron chi connectivity index (χ2n) is 6.85. The Morgan fingerprint density at radius 2 is 2.24 bits per heavy atom. The highest BCUT2D eigenvalue weighted by molar-refractivity contribution is 7.13. The minimum atomic E-state index is -0.194. The summed E-state index contributed by atoms with van der Waals surface area (Å²) in [5, 5.41) is 11.2. The number of thiophene rings is 1. The number of piperidine rings is 1. The maximum atomic E-state index is 12.6. The third kappa shape index (κ3) is 5.07. The fourth-order valence-electron chi connectivity index (χ4n) is 3.32. The van der Waals surface area contributed by atoms with Gasteiger partial charge in [0.1, 0.15) is 0 Å². The Hall–Kier alpha value is -2.59. The smallest absolute Gasteiger partial charge is 0.231 e. The Kier molecular flexibility index (Phi) is 6.30. The van der Waals surface area contributed by atoms with Gasteiger partial charge in [-0.25, -0.2) is 4.98 Å². The normalized spacial score (nSPS) is 16.7. The highest BCUT2D eigenvalue weighted by Crippen LogP contribution is 2.23. The van der Waals surface area contributed by atoms with Crippen molar-refractivity contribution in [2.75, 3.05) is 18.4 Å². The van der Waals surface area contributed by atoms with Crippen LogP contribution in [0.2, 0.25) is 0 Å². The van der Waals surface area contributed by atoms with Crippen molar-refractivity contribution in [3.8, 4) is 10.7 Å². The summed E-state index contributed by atoms with van der Waals surface area (Å²) in [6, 6.07) is 3.89. The van der Waals surface area contributed by atoms with Gasteiger partial charge >= 0.3 is 0 Å². The van der Waals surface area contributed by atoms with Gasteiger partial charge in [-0.2, -0.15) is 4.98 Å². The molecule has 4 heterocycles. The summed E-state index contributed by atoms with van der Waals surface area (Å²) in [7, 11) is 0. The number of anilines is 1. The van der Waals surface area contributed by atoms with Gasteiger partial charge in [-0.05, 0) is 30.7 Å². The quantitative estimate of drug-likeness (QED) is 0.615. The van der Waals surface area contributed by atoms with E-state index in [1.54, 1.807) is 22.4 Å². The molecular weight excluding hydrogens is 410 g/mol. The van der Waals surface area contributed by atoms with Crippen molar-refractivity contribution in [3.63, 3.8) is 0 Å². The van der Waals surface area contributed by atoms with E-state index in [1.165, 1.54) is 11.3 Å². The molecule has 0 aliphatic carbocycles. The number of hydrogen-bond donors (Lipinski definition) is 1. The minimum absolute atomic E-state index is 0.0646. The summed E-state index contributed by atoms with van der Waals surface area (Å²) >= 11 is 2.95. The number of thiazole rings is 1. The molecule has 3 aromatic heterocycles. The van der Waals surface area contributed by atoms with Gasteiger partial charge in [0.15, 0.2) is 5.13 Å². The van der Waals surface area contributed by atoms with E-state index in [9.17, 15) is 9.59 Å². The number of aromatic nitrogens is 3. The molecule has 1 aliphatic heterocycles. The van der Waals surface area contributed by atoms with E-state index in [4.69, 9.17) is 4.52 Å². The van der Waals surface area contributed by atoms with Gasteiger partial charge < -0.3 is 14.7 Å². The monoisotopic (exact) mass is 431 g/mol. The third-order valence-corrected chi connectivity index (χ3v) is 6.35. The number of hydrogen-bond acceptors (Lipinski definition) is 8. The van der Waals surface area contributed by atoms with E-state index in [2.05, 4.69) is 20.4 Å². The summed E-state index contributed by atoms with van der Waals surface area (Å²) in [4.78, 5) is 36.2. The van der Waals surface area contributed by atoms with Crippen LogP contribution in [0, 0.1) is 5.92 Å². The first kappa shape index (κ1) is 19.7. The van der Waals surface area contributed by atoms with Crippen molar-refractivity contribution >= 4 is 39.6 Å². The lowest BCUT2D eigenvalue weighted by Crippen LogP contribution is -2.43. The zero-order chi connectivity index (χ0) is 20.1. The van der Waals surface area contributed by atoms with Crippen LogP contribution in [0.1, 0.15) is 31.6 Å². The van der Waals surface area contributed by atoms with E-state index < -0.39 is 0 Å². The van der Waals surface area contributed by atoms with Crippen LogP contribution in [0.5, 0.6) is 0 Å². The predicted octanol–water partition coefficient (Wildman–Crippen LogP) is 3.45. The summed E-state index contributed by atoms with van der Waals surface area (Å²) in [5.41, 5.74) is 0. The topological polar surface area (TPSA) is 101 Å². The van der Waals surface area contributed by atoms with Gasteiger partial charge in [0.25, 0.3) is 0 Å². The average molecular weight is 432 g/mol. The molecule has 1 atom stereocenters. The highest BCUT2D eigenvalue weighted by Gasteiger charge is 2.28. The molecule has 8 nitrogen and oxygen atoms in total. The molecule has 4 rings (SSSR count). The van der Waals surface area contributed by atoms with Gasteiger partial charge in [-0.3, -0.25) is 9.59 Å². The Morgan fingerprint density at radius 3 is 3.03 bits per heavy atom. The number of nitrogens with one attached hydrogen (secondary N) is 1. The van der Waals surface area contributed by atoms with Gasteiger partial charge in [0.2, 0.25) is 23.5 Å². The molecule has 1 unspecified atom stereocenters. The second-order valence-corrected chi connectivity index (χ2v) is 8.69. The number of aryl methyl sites for hydroxylation is 1. The van der Waals surface area contributed by atoms with Crippen LogP contribution in [0.25, 0.3) is 10.7 Å². The molecule has 1 aliphatic rings. The molecule has 2 amide bonds. The number of amides is 2. The molecule has 29 heavy (non-hydrogen) atoms. The third-order valence-electron chi connectivity index (χ3n) is 4.80. The Labute approximate surface area is 176 Å². The van der Waals surface area contributed by atoms with Crippen LogP contribution in [0.3, 0.4) is 0 Å². The first-order valence-corrected chi connectivity index (χ1v) is 11.3. The van der Waals surface area contributed by atoms with Crippen molar-refractivity contribution in [1.82, 2.24) is 20.0 Å². The fraction of sp³-hybridized carbons (Fsp3) is 0.421. The van der Waals surface area contributed by atoms with Crippen molar-refractivity contribution in [1.29, 1.82) is 0 Å². The van der Waals surface area contributed by atoms with Crippen LogP contribution in [0.4, 0.5) is 5.13 Å². The fourth-order valence-corrected chi connectivity index (χ4v) is 4.50. The lowest BCUT2D eigenvalue weighted by atomic mass is 9.97. The highest BCUT2D eigenvalue weighted by atomic mass is 32.1. The van der Waals surface area contributed by atoms with E-state index in [0.717, 1.165) is 17.7 Å². The maximum absolute atomic E-state index is 12.6. The zero-order valence-corrected chi connectivity index (χ0v) is 17.4. The molecule has 10 heteroatoms. The number of nitrogens with zero attached hydrogens (tertiary/aromatic N) is 4. The molecule has 3 aromatic rings. The SMILES string of the molecule is O=C(Nc1nccs1)C1CCCN(C(=O)CCCc2nc(-c3cccs3)no2)C1. The van der Waals surface area contributed by atoms with Crippen LogP contribution in [-0.4, -0.2) is 44.9 Å². The van der Waals surface area contributed by atoms with E-state index in [1.807, 2.05) is 22.9 Å². The molecule has 1 saturated heterocycles. The largest absolute Gasteiger partial charge is 0.342 e. The number of likely N-dealkylation sites (tertiary alicyclic amines) is 1. The number of rotatable bonds is 7. The van der Waals surface area contributed by atoms with Gasteiger partial charge in [0, 0.05) is 37.5 Å². The van der Waals surface area contributed by atoms with Crippen LogP contribution in [-0.2, 0) is 16.0 Å². The molecule has 0 bridgehead atoms. The molecule has 0 radical (unpaired) electrons. The Morgan fingerprint density at radius 1 is 1.31 bits per heavy atom. The summed E-state index contributed by atoms with van der Waals surface area (Å²) in [6.45, 7) is 1.15. The summed E-state index contributed by atoms with van der Waals surface area (Å²) < 4.78 is 5.28. The molecule has 1 fully saturated rings. The lowest BCUT2D eigenvalue weighted by molar-refractivity contribution is -0.134. The zero-order valence-electron chi connectivity index (χ0n) is 15.7. The predicted molar refractivity (Wildman–Crippen MR) is 111 cm³/mol. The van der Waals surface area contributed by atoms with Gasteiger partial charge in [0.05, 0.1) is 10.8 Å². The standard InChI is InChI=1S/C19H21N5O3S2/c25-16(7-1-6-15-21-17(23-27-15)14-5-3-10-28-14)24-9-2-4-13(12-24)18(26)22-19-20-8-11-29-19/h3,5,8,10-11,13H,1-2,4,6-7,9,12H2,(H,20,22,26). The maximum Gasteiger partial charge on any atom is 0.231 e. The van der Waals surface area contributed by atoms with Crippen LogP contribution >= 0.6 is 22.7 Å². The molecule has 152 valence electrons. The second kappa shape index (κ2) is 9.27. The van der Waals surface area contributed by atoms with Crippen LogP contribution < -0.4 is 5.32 Å².